The van der Waals surface area contributed by atoms with Crippen molar-refractivity contribution in [3.05, 3.63) is 65.7 Å². The lowest BCUT2D eigenvalue weighted by molar-refractivity contribution is -0.130. The van der Waals surface area contributed by atoms with Crippen molar-refractivity contribution in [2.75, 3.05) is 19.7 Å². The van der Waals surface area contributed by atoms with Crippen LogP contribution in [0.5, 0.6) is 5.75 Å². The number of hydrogen-bond donors (Lipinski definition) is 0. The molecule has 144 valence electrons. The molecule has 0 unspecified atom stereocenters. The molecule has 0 aliphatic carbocycles. The van der Waals surface area contributed by atoms with E-state index in [1.165, 1.54) is 24.0 Å². The largest absolute Gasteiger partial charge is 0.494 e. The minimum absolute atomic E-state index is 0.295. The van der Waals surface area contributed by atoms with Gasteiger partial charge in [-0.05, 0) is 68.2 Å². The summed E-state index contributed by atoms with van der Waals surface area (Å²) in [5, 5.41) is 0. The average molecular weight is 366 g/mol. The van der Waals surface area contributed by atoms with E-state index in [0.29, 0.717) is 12.3 Å². The van der Waals surface area contributed by atoms with Crippen LogP contribution in [0.25, 0.3) is 0 Å². The van der Waals surface area contributed by atoms with E-state index in [9.17, 15) is 4.79 Å². The van der Waals surface area contributed by atoms with Gasteiger partial charge in [-0.3, -0.25) is 4.79 Å². The van der Waals surface area contributed by atoms with E-state index in [2.05, 4.69) is 42.5 Å². The topological polar surface area (TPSA) is 29.5 Å². The number of hydrogen-bond acceptors (Lipinski definition) is 2. The van der Waals surface area contributed by atoms with Crippen molar-refractivity contribution in [3.8, 4) is 5.75 Å². The maximum Gasteiger partial charge on any atom is 0.222 e. The van der Waals surface area contributed by atoms with Crippen LogP contribution in [0.1, 0.15) is 49.7 Å². The molecular weight excluding hydrogens is 334 g/mol. The number of ether oxygens (including phenoxy) is 1. The van der Waals surface area contributed by atoms with Crippen molar-refractivity contribution in [2.24, 2.45) is 0 Å². The van der Waals surface area contributed by atoms with Crippen LogP contribution < -0.4 is 4.74 Å². The molecule has 0 atom stereocenters. The summed E-state index contributed by atoms with van der Waals surface area (Å²) in [5.74, 6) is 1.22. The molecule has 2 aromatic rings. The Labute approximate surface area is 163 Å². The minimum Gasteiger partial charge on any atom is -0.494 e. The van der Waals surface area contributed by atoms with Gasteiger partial charge in [0.05, 0.1) is 6.61 Å². The first kappa shape index (κ1) is 19.5. The molecule has 3 rings (SSSR count). The van der Waals surface area contributed by atoms with E-state index >= 15 is 0 Å². The van der Waals surface area contributed by atoms with Gasteiger partial charge < -0.3 is 9.64 Å². The highest BCUT2D eigenvalue weighted by Crippen LogP contribution is 2.16. The molecule has 1 aliphatic heterocycles. The Hall–Kier alpha value is -2.29. The van der Waals surface area contributed by atoms with Crippen molar-refractivity contribution in [2.45, 2.75) is 51.4 Å². The van der Waals surface area contributed by atoms with Gasteiger partial charge in [-0.15, -0.1) is 0 Å². The van der Waals surface area contributed by atoms with Gasteiger partial charge in [0.2, 0.25) is 5.91 Å². The normalized spacial score (nSPS) is 13.7. The van der Waals surface area contributed by atoms with Crippen LogP contribution in [-0.4, -0.2) is 30.5 Å². The van der Waals surface area contributed by atoms with Crippen LogP contribution in [-0.2, 0) is 17.6 Å². The van der Waals surface area contributed by atoms with Gasteiger partial charge in [-0.2, -0.15) is 0 Å². The van der Waals surface area contributed by atoms with Gasteiger partial charge in [0, 0.05) is 19.5 Å². The summed E-state index contributed by atoms with van der Waals surface area (Å²) in [5.41, 5.74) is 2.62. The van der Waals surface area contributed by atoms with E-state index in [-0.39, 0.29) is 0 Å². The van der Waals surface area contributed by atoms with Crippen LogP contribution in [0.2, 0.25) is 0 Å². The second-order valence-electron chi connectivity index (χ2n) is 7.38. The second kappa shape index (κ2) is 10.8. The SMILES string of the molecule is O=C(CCc1ccc(OCCCCCc2ccccc2)cc1)N1CCCC1. The molecule has 3 nitrogen and oxygen atoms in total. The molecule has 1 heterocycles. The van der Waals surface area contributed by atoms with Crippen molar-refractivity contribution >= 4 is 5.91 Å². The number of nitrogens with zero attached hydrogens (tertiary/aromatic N) is 1. The third-order valence-corrected chi connectivity index (χ3v) is 5.23. The third-order valence-electron chi connectivity index (χ3n) is 5.23. The van der Waals surface area contributed by atoms with E-state index in [0.717, 1.165) is 57.6 Å². The maximum atomic E-state index is 12.1. The van der Waals surface area contributed by atoms with Crippen LogP contribution >= 0.6 is 0 Å². The standard InChI is InChI=1S/C24H31NO2/c26-24(25-18-6-7-19-25)17-14-22-12-15-23(16-13-22)27-20-8-2-5-11-21-9-3-1-4-10-21/h1,3-4,9-10,12-13,15-16H,2,5-8,11,14,17-20H2. The number of rotatable bonds is 10. The van der Waals surface area contributed by atoms with E-state index in [1.807, 2.05) is 17.0 Å². The lowest BCUT2D eigenvalue weighted by Crippen LogP contribution is -2.27. The fourth-order valence-electron chi connectivity index (χ4n) is 3.57. The zero-order chi connectivity index (χ0) is 18.7. The molecule has 1 saturated heterocycles. The number of amides is 1. The van der Waals surface area contributed by atoms with Crippen molar-refractivity contribution in [3.63, 3.8) is 0 Å². The van der Waals surface area contributed by atoms with Gasteiger partial charge >= 0.3 is 0 Å². The molecule has 0 radical (unpaired) electrons. The first-order valence-corrected chi connectivity index (χ1v) is 10.3. The van der Waals surface area contributed by atoms with Crippen LogP contribution in [0, 0.1) is 0 Å². The van der Waals surface area contributed by atoms with Crippen LogP contribution in [0.3, 0.4) is 0 Å². The maximum absolute atomic E-state index is 12.1. The summed E-state index contributed by atoms with van der Waals surface area (Å²) in [7, 11) is 0. The molecule has 27 heavy (non-hydrogen) atoms. The molecule has 3 heteroatoms. The molecule has 0 bridgehead atoms. The van der Waals surface area contributed by atoms with Crippen LogP contribution in [0.15, 0.2) is 54.6 Å². The highest BCUT2D eigenvalue weighted by Gasteiger charge is 2.17. The molecule has 0 N–H and O–H groups in total. The molecular formula is C24H31NO2. The smallest absolute Gasteiger partial charge is 0.222 e. The van der Waals surface area contributed by atoms with E-state index in [4.69, 9.17) is 4.74 Å². The highest BCUT2D eigenvalue weighted by molar-refractivity contribution is 5.76. The van der Waals surface area contributed by atoms with Crippen molar-refractivity contribution < 1.29 is 9.53 Å². The summed E-state index contributed by atoms with van der Waals surface area (Å²) in [6.07, 6.45) is 8.36. The number of carbonyl (C=O) groups excluding carboxylic acids is 1. The van der Waals surface area contributed by atoms with Crippen LogP contribution in [0.4, 0.5) is 0 Å². The first-order valence-electron chi connectivity index (χ1n) is 10.3. The summed E-state index contributed by atoms with van der Waals surface area (Å²) in [6.45, 7) is 2.65. The second-order valence-corrected chi connectivity index (χ2v) is 7.38. The molecule has 0 spiro atoms. The molecule has 0 saturated carbocycles. The summed E-state index contributed by atoms with van der Waals surface area (Å²) >= 11 is 0. The number of unbranched alkanes of at least 4 members (excludes halogenated alkanes) is 2. The van der Waals surface area contributed by atoms with E-state index in [1.54, 1.807) is 0 Å². The predicted molar refractivity (Wildman–Crippen MR) is 110 cm³/mol. The van der Waals surface area contributed by atoms with Gasteiger partial charge in [0.15, 0.2) is 0 Å². The fourth-order valence-corrected chi connectivity index (χ4v) is 3.57. The molecule has 2 aromatic carbocycles. The third kappa shape index (κ3) is 6.74. The summed E-state index contributed by atoms with van der Waals surface area (Å²) in [6, 6.07) is 18.9. The number of aryl methyl sites for hydroxylation is 2. The summed E-state index contributed by atoms with van der Waals surface area (Å²) < 4.78 is 5.84. The monoisotopic (exact) mass is 365 g/mol. The fraction of sp³-hybridized carbons (Fsp3) is 0.458. The quantitative estimate of drug-likeness (QED) is 0.553. The Bertz CT molecular complexity index is 675. The molecule has 0 aromatic heterocycles. The predicted octanol–water partition coefficient (Wildman–Crippen LogP) is 5.03. The van der Waals surface area contributed by atoms with Gasteiger partial charge in [-0.1, -0.05) is 42.5 Å². The van der Waals surface area contributed by atoms with E-state index < -0.39 is 0 Å². The molecule has 1 aliphatic rings. The van der Waals surface area contributed by atoms with Crippen molar-refractivity contribution in [1.29, 1.82) is 0 Å². The Morgan fingerprint density at radius 3 is 2.26 bits per heavy atom. The Morgan fingerprint density at radius 2 is 1.52 bits per heavy atom. The lowest BCUT2D eigenvalue weighted by atomic mass is 10.1. The minimum atomic E-state index is 0.295. The Balaban J connectivity index is 1.28. The lowest BCUT2D eigenvalue weighted by Gasteiger charge is -2.15. The Morgan fingerprint density at radius 1 is 0.815 bits per heavy atom. The average Bonchev–Trinajstić information content (AvgIpc) is 3.25. The zero-order valence-electron chi connectivity index (χ0n) is 16.2. The highest BCUT2D eigenvalue weighted by atomic mass is 16.5. The molecule has 1 fully saturated rings. The Kier molecular flexibility index (Phi) is 7.76. The zero-order valence-corrected chi connectivity index (χ0v) is 16.2. The van der Waals surface area contributed by atoms with Crippen molar-refractivity contribution in [1.82, 2.24) is 4.90 Å². The number of benzene rings is 2. The van der Waals surface area contributed by atoms with Gasteiger partial charge in [-0.25, -0.2) is 0 Å². The number of carbonyl (C=O) groups is 1. The molecule has 1 amide bonds. The van der Waals surface area contributed by atoms with Gasteiger partial charge in [0.1, 0.15) is 5.75 Å². The van der Waals surface area contributed by atoms with Gasteiger partial charge in [0.25, 0.3) is 0 Å². The summed E-state index contributed by atoms with van der Waals surface area (Å²) in [4.78, 5) is 14.1. The number of likely N-dealkylation sites (tertiary alicyclic amines) is 1. The first-order chi connectivity index (χ1) is 13.3.